The van der Waals surface area contributed by atoms with Crippen LogP contribution in [0.3, 0.4) is 0 Å². The van der Waals surface area contributed by atoms with E-state index in [1.807, 2.05) is 0 Å². The highest BCUT2D eigenvalue weighted by Gasteiger charge is 2.24. The average molecular weight is 389 g/mol. The standard InChI is InChI=1S/C14H13BrO4S2/c1-20(16,17)14-9-12(15)7-8-13(14)21(18,19)10-11-5-3-2-4-6-11/h2-9H,10H2,1H3. The van der Waals surface area contributed by atoms with E-state index < -0.39 is 19.7 Å². The van der Waals surface area contributed by atoms with Gasteiger partial charge in [0.05, 0.1) is 15.5 Å². The number of sulfone groups is 2. The molecule has 0 aromatic heterocycles. The zero-order valence-corrected chi connectivity index (χ0v) is 14.4. The van der Waals surface area contributed by atoms with Gasteiger partial charge in [-0.1, -0.05) is 46.3 Å². The summed E-state index contributed by atoms with van der Waals surface area (Å²) < 4.78 is 49.2. The maximum Gasteiger partial charge on any atom is 0.183 e. The first-order valence-electron chi connectivity index (χ1n) is 5.96. The molecule has 0 fully saturated rings. The smallest absolute Gasteiger partial charge is 0.183 e. The van der Waals surface area contributed by atoms with E-state index in [0.29, 0.717) is 10.0 Å². The van der Waals surface area contributed by atoms with Crippen molar-refractivity contribution in [3.05, 3.63) is 58.6 Å². The van der Waals surface area contributed by atoms with Crippen molar-refractivity contribution in [1.29, 1.82) is 0 Å². The molecule has 0 aliphatic carbocycles. The molecule has 0 heterocycles. The van der Waals surface area contributed by atoms with Crippen molar-refractivity contribution in [2.24, 2.45) is 0 Å². The summed E-state index contributed by atoms with van der Waals surface area (Å²) in [7, 11) is -7.38. The third-order valence-electron chi connectivity index (χ3n) is 2.84. The lowest BCUT2D eigenvalue weighted by atomic mass is 10.2. The van der Waals surface area contributed by atoms with Gasteiger partial charge < -0.3 is 0 Å². The van der Waals surface area contributed by atoms with Crippen molar-refractivity contribution in [2.75, 3.05) is 6.26 Å². The molecule has 0 radical (unpaired) electrons. The van der Waals surface area contributed by atoms with E-state index in [0.717, 1.165) is 6.26 Å². The molecule has 112 valence electrons. The van der Waals surface area contributed by atoms with Crippen molar-refractivity contribution < 1.29 is 16.8 Å². The van der Waals surface area contributed by atoms with Crippen LogP contribution in [0.5, 0.6) is 0 Å². The number of benzene rings is 2. The number of rotatable bonds is 4. The van der Waals surface area contributed by atoms with Crippen molar-refractivity contribution in [3.63, 3.8) is 0 Å². The van der Waals surface area contributed by atoms with Gasteiger partial charge in [0.25, 0.3) is 0 Å². The van der Waals surface area contributed by atoms with Crippen LogP contribution in [0.4, 0.5) is 0 Å². The molecule has 0 atom stereocenters. The van der Waals surface area contributed by atoms with Gasteiger partial charge in [0.1, 0.15) is 0 Å². The van der Waals surface area contributed by atoms with Crippen molar-refractivity contribution in [2.45, 2.75) is 15.5 Å². The molecule has 4 nitrogen and oxygen atoms in total. The quantitative estimate of drug-likeness (QED) is 0.807. The summed E-state index contributed by atoms with van der Waals surface area (Å²) in [6.07, 6.45) is 0.996. The topological polar surface area (TPSA) is 68.3 Å². The molecule has 2 aromatic rings. The van der Waals surface area contributed by atoms with E-state index in [2.05, 4.69) is 15.9 Å². The fourth-order valence-electron chi connectivity index (χ4n) is 1.90. The Balaban J connectivity index is 2.56. The monoisotopic (exact) mass is 388 g/mol. The van der Waals surface area contributed by atoms with E-state index in [-0.39, 0.29) is 15.5 Å². The van der Waals surface area contributed by atoms with E-state index in [1.165, 1.54) is 18.2 Å². The molecule has 2 rings (SSSR count). The van der Waals surface area contributed by atoms with Crippen LogP contribution >= 0.6 is 15.9 Å². The van der Waals surface area contributed by atoms with E-state index >= 15 is 0 Å². The minimum absolute atomic E-state index is 0.169. The van der Waals surface area contributed by atoms with Gasteiger partial charge in [-0.05, 0) is 23.8 Å². The minimum atomic E-state index is -3.74. The van der Waals surface area contributed by atoms with Crippen molar-refractivity contribution in [1.82, 2.24) is 0 Å². The largest absolute Gasteiger partial charge is 0.224 e. The fourth-order valence-corrected chi connectivity index (χ4v) is 5.45. The normalized spacial score (nSPS) is 12.3. The summed E-state index contributed by atoms with van der Waals surface area (Å²) in [6, 6.07) is 12.8. The van der Waals surface area contributed by atoms with E-state index in [4.69, 9.17) is 0 Å². The third kappa shape index (κ3) is 3.93. The Morgan fingerprint density at radius 2 is 1.52 bits per heavy atom. The van der Waals surface area contributed by atoms with Gasteiger partial charge in [0, 0.05) is 10.7 Å². The Bertz CT molecular complexity index is 857. The molecule has 0 saturated heterocycles. The van der Waals surface area contributed by atoms with Crippen molar-refractivity contribution in [3.8, 4) is 0 Å². The van der Waals surface area contributed by atoms with Crippen LogP contribution in [0.1, 0.15) is 5.56 Å². The second-order valence-corrected chi connectivity index (χ2v) is 9.47. The van der Waals surface area contributed by atoms with E-state index in [9.17, 15) is 16.8 Å². The molecule has 0 bridgehead atoms. The summed E-state index contributed by atoms with van der Waals surface area (Å²) in [4.78, 5) is -0.357. The molecule has 0 amide bonds. The van der Waals surface area contributed by atoms with Gasteiger partial charge >= 0.3 is 0 Å². The first-order chi connectivity index (χ1) is 9.70. The van der Waals surface area contributed by atoms with Crippen LogP contribution in [0.25, 0.3) is 0 Å². The first-order valence-corrected chi connectivity index (χ1v) is 10.3. The summed E-state index contributed by atoms with van der Waals surface area (Å²) >= 11 is 3.16. The molecule has 0 aliphatic rings. The number of hydrogen-bond donors (Lipinski definition) is 0. The molecule has 0 N–H and O–H groups in total. The van der Waals surface area contributed by atoms with Crippen LogP contribution < -0.4 is 0 Å². The summed E-state index contributed by atoms with van der Waals surface area (Å²) in [6.45, 7) is 0. The first kappa shape index (κ1) is 16.2. The molecule has 21 heavy (non-hydrogen) atoms. The highest BCUT2D eigenvalue weighted by molar-refractivity contribution is 9.10. The number of halogens is 1. The Labute approximate surface area is 132 Å². The lowest BCUT2D eigenvalue weighted by Crippen LogP contribution is -2.11. The Kier molecular flexibility index (Phi) is 4.55. The predicted molar refractivity (Wildman–Crippen MR) is 84.6 cm³/mol. The average Bonchev–Trinajstić information content (AvgIpc) is 2.38. The second-order valence-electron chi connectivity index (χ2n) is 4.61. The molecule has 7 heteroatoms. The maximum absolute atomic E-state index is 12.5. The molecular weight excluding hydrogens is 376 g/mol. The van der Waals surface area contributed by atoms with Gasteiger partial charge in [-0.2, -0.15) is 0 Å². The summed E-state index contributed by atoms with van der Waals surface area (Å²) in [5, 5.41) is 0. The van der Waals surface area contributed by atoms with Crippen LogP contribution in [-0.2, 0) is 25.4 Å². The molecule has 0 saturated carbocycles. The molecule has 0 unspecified atom stereocenters. The SMILES string of the molecule is CS(=O)(=O)c1cc(Br)ccc1S(=O)(=O)Cc1ccccc1. The van der Waals surface area contributed by atoms with Gasteiger partial charge in [-0.25, -0.2) is 16.8 Å². The van der Waals surface area contributed by atoms with Gasteiger partial charge in [-0.15, -0.1) is 0 Å². The van der Waals surface area contributed by atoms with E-state index in [1.54, 1.807) is 30.3 Å². The van der Waals surface area contributed by atoms with Gasteiger partial charge in [0.2, 0.25) is 0 Å². The molecule has 0 spiro atoms. The number of hydrogen-bond acceptors (Lipinski definition) is 4. The second kappa shape index (κ2) is 5.90. The van der Waals surface area contributed by atoms with Crippen LogP contribution in [0, 0.1) is 0 Å². The van der Waals surface area contributed by atoms with Crippen molar-refractivity contribution >= 4 is 35.6 Å². The maximum atomic E-state index is 12.5. The van der Waals surface area contributed by atoms with Crippen LogP contribution in [-0.4, -0.2) is 23.1 Å². The molecule has 2 aromatic carbocycles. The van der Waals surface area contributed by atoms with Gasteiger partial charge in [0.15, 0.2) is 19.7 Å². The Morgan fingerprint density at radius 3 is 2.10 bits per heavy atom. The Morgan fingerprint density at radius 1 is 0.905 bits per heavy atom. The zero-order valence-electron chi connectivity index (χ0n) is 11.2. The summed E-state index contributed by atoms with van der Waals surface area (Å²) in [5.41, 5.74) is 0.611. The third-order valence-corrected chi connectivity index (χ3v) is 6.34. The summed E-state index contributed by atoms with van der Waals surface area (Å²) in [5.74, 6) is -0.238. The molecular formula is C14H13BrO4S2. The van der Waals surface area contributed by atoms with Crippen LogP contribution in [0.2, 0.25) is 0 Å². The lowest BCUT2D eigenvalue weighted by Gasteiger charge is -2.10. The highest BCUT2D eigenvalue weighted by Crippen LogP contribution is 2.27. The lowest BCUT2D eigenvalue weighted by molar-refractivity contribution is 0.584. The fraction of sp³-hybridized carbons (Fsp3) is 0.143. The minimum Gasteiger partial charge on any atom is -0.224 e. The Hall–Kier alpha value is -1.18. The predicted octanol–water partition coefficient (Wildman–Crippen LogP) is 2.83. The van der Waals surface area contributed by atoms with Crippen LogP contribution in [0.15, 0.2) is 62.8 Å². The highest BCUT2D eigenvalue weighted by atomic mass is 79.9. The molecule has 0 aliphatic heterocycles. The van der Waals surface area contributed by atoms with Gasteiger partial charge in [-0.3, -0.25) is 0 Å². The zero-order chi connectivity index (χ0) is 15.7.